The minimum absolute atomic E-state index is 0.274. The Morgan fingerprint density at radius 2 is 0.872 bits per heavy atom. The van der Waals surface area contributed by atoms with Gasteiger partial charge in [-0.15, -0.1) is 0 Å². The first kappa shape index (κ1) is 29.0. The van der Waals surface area contributed by atoms with Crippen LogP contribution in [0.15, 0.2) is 121 Å². The highest BCUT2D eigenvalue weighted by Crippen LogP contribution is 2.61. The molecule has 0 bridgehead atoms. The summed E-state index contributed by atoms with van der Waals surface area (Å²) < 4.78 is 34.4. The van der Waals surface area contributed by atoms with Crippen LogP contribution >= 0.6 is 7.82 Å². The molecule has 4 aromatic rings. The molecule has 0 amide bonds. The topological polar surface area (TPSA) is 44.8 Å². The molecule has 0 fully saturated rings. The lowest BCUT2D eigenvalue weighted by Crippen LogP contribution is -2.31. The third-order valence-corrected chi connectivity index (χ3v) is 8.81. The molecule has 0 heterocycles. The molecule has 4 nitrogen and oxygen atoms in total. The van der Waals surface area contributed by atoms with E-state index in [9.17, 15) is 4.57 Å². The van der Waals surface area contributed by atoms with Crippen LogP contribution in [0.1, 0.15) is 68.7 Å². The summed E-state index contributed by atoms with van der Waals surface area (Å²) in [5.74, 6) is 0. The van der Waals surface area contributed by atoms with Crippen molar-refractivity contribution in [2.45, 2.75) is 57.7 Å². The Kier molecular flexibility index (Phi) is 9.94. The molecule has 0 atom stereocenters. The van der Waals surface area contributed by atoms with Crippen molar-refractivity contribution in [3.8, 4) is 0 Å². The van der Waals surface area contributed by atoms with E-state index >= 15 is 0 Å². The quantitative estimate of drug-likeness (QED) is 0.118. The summed E-state index contributed by atoms with van der Waals surface area (Å²) in [5.41, 5.74) is 1.25. The number of hydrogen-bond acceptors (Lipinski definition) is 4. The molecule has 0 unspecified atom stereocenters. The van der Waals surface area contributed by atoms with Crippen LogP contribution in [-0.2, 0) is 29.3 Å². The van der Waals surface area contributed by atoms with Gasteiger partial charge in [0.15, 0.2) is 0 Å². The van der Waals surface area contributed by atoms with Crippen LogP contribution in [0.25, 0.3) is 0 Å². The summed E-state index contributed by atoms with van der Waals surface area (Å²) in [6.07, 6.45) is 3.95. The molecule has 0 N–H and O–H groups in total. The predicted octanol–water partition coefficient (Wildman–Crippen LogP) is 9.65. The van der Waals surface area contributed by atoms with Crippen LogP contribution in [-0.4, -0.2) is 6.61 Å². The molecule has 0 spiro atoms. The third-order valence-electron chi connectivity index (χ3n) is 7.13. The zero-order chi connectivity index (χ0) is 27.6. The summed E-state index contributed by atoms with van der Waals surface area (Å²) in [5, 5.41) is 0. The van der Waals surface area contributed by atoms with Gasteiger partial charge < -0.3 is 0 Å². The van der Waals surface area contributed by atoms with Crippen molar-refractivity contribution >= 4 is 7.82 Å². The second-order valence-electron chi connectivity index (χ2n) is 10.1. The second-order valence-corrected chi connectivity index (χ2v) is 11.6. The first-order valence-corrected chi connectivity index (χ1v) is 15.2. The first-order chi connectivity index (χ1) is 18.9. The zero-order valence-electron chi connectivity index (χ0n) is 23.2. The van der Waals surface area contributed by atoms with E-state index in [1.807, 2.05) is 135 Å². The van der Waals surface area contributed by atoms with Crippen molar-refractivity contribution in [2.75, 3.05) is 6.61 Å². The molecule has 5 heteroatoms. The lowest BCUT2D eigenvalue weighted by molar-refractivity contribution is 0.00139. The highest BCUT2D eigenvalue weighted by atomic mass is 31.2. The van der Waals surface area contributed by atoms with Gasteiger partial charge in [-0.3, -0.25) is 13.6 Å². The van der Waals surface area contributed by atoms with Crippen molar-refractivity contribution in [1.82, 2.24) is 0 Å². The predicted molar refractivity (Wildman–Crippen MR) is 159 cm³/mol. The van der Waals surface area contributed by atoms with Crippen LogP contribution in [0, 0.1) is 0 Å². The van der Waals surface area contributed by atoms with Gasteiger partial charge in [-0.1, -0.05) is 148 Å². The number of rotatable bonds is 14. The van der Waals surface area contributed by atoms with Crippen molar-refractivity contribution in [3.63, 3.8) is 0 Å². The van der Waals surface area contributed by atoms with Crippen LogP contribution < -0.4 is 0 Å². The van der Waals surface area contributed by atoms with Crippen LogP contribution in [0.5, 0.6) is 0 Å². The van der Waals surface area contributed by atoms with E-state index < -0.39 is 19.0 Å². The summed E-state index contributed by atoms with van der Waals surface area (Å²) >= 11 is 0. The number of unbranched alkanes of at least 4 members (excludes halogenated alkanes) is 3. The van der Waals surface area contributed by atoms with Gasteiger partial charge in [0.25, 0.3) is 0 Å². The molecule has 4 aromatic carbocycles. The largest absolute Gasteiger partial charge is 0.477 e. The van der Waals surface area contributed by atoms with E-state index in [0.717, 1.165) is 47.9 Å². The Hall–Kier alpha value is -3.01. The minimum atomic E-state index is -4.17. The molecule has 204 valence electrons. The highest BCUT2D eigenvalue weighted by molar-refractivity contribution is 7.48. The minimum Gasteiger partial charge on any atom is -0.287 e. The fraction of sp³-hybridized carbons (Fsp3) is 0.294. The Bertz CT molecular complexity index is 1140. The van der Waals surface area contributed by atoms with Crippen molar-refractivity contribution < 1.29 is 18.1 Å². The van der Waals surface area contributed by atoms with Gasteiger partial charge in [0.2, 0.25) is 0 Å². The van der Waals surface area contributed by atoms with Gasteiger partial charge in [-0.2, -0.15) is 0 Å². The SMILES string of the molecule is CCCCCCOP(=O)(OC(C)(c1ccccc1)c1ccccc1)OC(C)(c1ccccc1)c1ccccc1. The normalized spacial score (nSPS) is 12.4. The Balaban J connectivity index is 1.79. The van der Waals surface area contributed by atoms with Gasteiger partial charge in [0, 0.05) is 0 Å². The number of phosphoric ester groups is 1. The Morgan fingerprint density at radius 3 is 1.18 bits per heavy atom. The third kappa shape index (κ3) is 7.15. The molecule has 0 aliphatic rings. The molecule has 0 saturated heterocycles. The lowest BCUT2D eigenvalue weighted by atomic mass is 9.88. The van der Waals surface area contributed by atoms with Crippen molar-refractivity contribution in [2.24, 2.45) is 0 Å². The van der Waals surface area contributed by atoms with Crippen LogP contribution in [0.4, 0.5) is 0 Å². The monoisotopic (exact) mass is 542 g/mol. The number of benzene rings is 4. The van der Waals surface area contributed by atoms with Gasteiger partial charge in [-0.05, 0) is 42.5 Å². The van der Waals surface area contributed by atoms with Crippen molar-refractivity contribution in [3.05, 3.63) is 144 Å². The summed E-state index contributed by atoms with van der Waals surface area (Å²) in [6, 6.07) is 39.3. The molecule has 0 aliphatic carbocycles. The number of hydrogen-bond donors (Lipinski definition) is 0. The van der Waals surface area contributed by atoms with E-state index in [4.69, 9.17) is 13.6 Å². The molecule has 0 aromatic heterocycles. The van der Waals surface area contributed by atoms with Crippen LogP contribution in [0.2, 0.25) is 0 Å². The second kappa shape index (κ2) is 13.4. The maximum absolute atomic E-state index is 14.9. The Morgan fingerprint density at radius 1 is 0.538 bits per heavy atom. The first-order valence-electron chi connectivity index (χ1n) is 13.8. The van der Waals surface area contributed by atoms with E-state index in [-0.39, 0.29) is 6.61 Å². The zero-order valence-corrected chi connectivity index (χ0v) is 24.1. The number of phosphoric acid groups is 1. The van der Waals surface area contributed by atoms with E-state index in [2.05, 4.69) is 6.92 Å². The molecular formula is C34H39O4P. The van der Waals surface area contributed by atoms with Crippen molar-refractivity contribution in [1.29, 1.82) is 0 Å². The smallest absolute Gasteiger partial charge is 0.287 e. The average Bonchev–Trinajstić information content (AvgIpc) is 2.98. The molecule has 0 radical (unpaired) electrons. The fourth-order valence-corrected chi connectivity index (χ4v) is 6.60. The van der Waals surface area contributed by atoms with Gasteiger partial charge >= 0.3 is 7.82 Å². The van der Waals surface area contributed by atoms with E-state index in [1.54, 1.807) is 0 Å². The molecule has 0 saturated carbocycles. The lowest BCUT2D eigenvalue weighted by Gasteiger charge is -2.38. The standard InChI is InChI=1S/C34H39O4P/c1-4-5-6-19-28-36-39(35,37-33(2,29-20-11-7-12-21-29)30-22-13-8-14-23-30)38-34(3,31-24-15-9-16-25-31)32-26-17-10-18-27-32/h7-18,20-27H,4-6,19,28H2,1-3H3. The van der Waals surface area contributed by atoms with Crippen LogP contribution in [0.3, 0.4) is 0 Å². The highest BCUT2D eigenvalue weighted by Gasteiger charge is 2.46. The molecule has 39 heavy (non-hydrogen) atoms. The summed E-state index contributed by atoms with van der Waals surface area (Å²) in [7, 11) is -4.17. The average molecular weight is 543 g/mol. The summed E-state index contributed by atoms with van der Waals surface area (Å²) in [6.45, 7) is 6.29. The van der Waals surface area contributed by atoms with E-state index in [0.29, 0.717) is 0 Å². The van der Waals surface area contributed by atoms with Gasteiger partial charge in [-0.25, -0.2) is 4.57 Å². The molecular weight excluding hydrogens is 503 g/mol. The maximum Gasteiger partial charge on any atom is 0.477 e. The van der Waals surface area contributed by atoms with Gasteiger partial charge in [0.1, 0.15) is 11.2 Å². The summed E-state index contributed by atoms with van der Waals surface area (Å²) in [4.78, 5) is 0. The molecule has 4 rings (SSSR count). The fourth-order valence-electron chi connectivity index (χ4n) is 4.79. The molecule has 0 aliphatic heterocycles. The van der Waals surface area contributed by atoms with E-state index in [1.165, 1.54) is 0 Å². The Labute approximate surface area is 233 Å². The van der Waals surface area contributed by atoms with Gasteiger partial charge in [0.05, 0.1) is 6.61 Å². The maximum atomic E-state index is 14.9.